The average Bonchev–Trinajstić information content (AvgIpc) is 2.87. The summed E-state index contributed by atoms with van der Waals surface area (Å²) >= 11 is 0. The zero-order chi connectivity index (χ0) is 28.5. The molecule has 0 aliphatic carbocycles. The van der Waals surface area contributed by atoms with Gasteiger partial charge in [-0.05, 0) is 32.1 Å². The third kappa shape index (κ3) is 25.9. The van der Waals surface area contributed by atoms with Crippen LogP contribution in [0.4, 0.5) is 0 Å². The first-order chi connectivity index (χ1) is 18.2. The molecule has 9 nitrogen and oxygen atoms in total. The molecule has 0 rings (SSSR count). The van der Waals surface area contributed by atoms with Gasteiger partial charge in [0.05, 0.1) is 26.2 Å². The minimum atomic E-state index is -5.15. The SMILES string of the molecule is C=CCOCC(O)COC(=O)C(CC(=O)OCCCCCCCC/C=C\CCCCCCCC)S(=O)(=O)[O-].[Na+]. The Morgan fingerprint density at radius 1 is 0.872 bits per heavy atom. The summed E-state index contributed by atoms with van der Waals surface area (Å²) in [6.45, 7) is 5.17. The predicted molar refractivity (Wildman–Crippen MR) is 146 cm³/mol. The summed E-state index contributed by atoms with van der Waals surface area (Å²) < 4.78 is 48.9. The zero-order valence-electron chi connectivity index (χ0n) is 24.2. The fraction of sp³-hybridized carbons (Fsp3) is 0.786. The fourth-order valence-electron chi connectivity index (χ4n) is 3.66. The number of ether oxygens (including phenoxy) is 3. The van der Waals surface area contributed by atoms with Crippen molar-refractivity contribution in [2.24, 2.45) is 0 Å². The molecule has 0 spiro atoms. The standard InChI is InChI=1S/C28H50O9S.Na/c1-3-5-6-7-8-9-10-11-12-13-14-15-16-17-18-19-21-36-27(30)22-26(38(32,33)34)28(31)37-24-25(29)23-35-20-4-2;/h4,11-12,25-26,29H,2-3,5-10,13-24H2,1H3,(H,32,33,34);/q;+1/p-1/b12-11-;. The van der Waals surface area contributed by atoms with Crippen LogP contribution in [0.25, 0.3) is 0 Å². The molecule has 0 saturated carbocycles. The van der Waals surface area contributed by atoms with E-state index < -0.39 is 46.4 Å². The van der Waals surface area contributed by atoms with Gasteiger partial charge in [-0.15, -0.1) is 6.58 Å². The van der Waals surface area contributed by atoms with Crippen molar-refractivity contribution in [2.75, 3.05) is 26.4 Å². The molecule has 0 fully saturated rings. The van der Waals surface area contributed by atoms with Gasteiger partial charge in [0.1, 0.15) is 22.8 Å². The van der Waals surface area contributed by atoms with E-state index >= 15 is 0 Å². The van der Waals surface area contributed by atoms with Crippen molar-refractivity contribution in [1.29, 1.82) is 0 Å². The molecule has 222 valence electrons. The van der Waals surface area contributed by atoms with Crippen molar-refractivity contribution < 1.29 is 71.4 Å². The van der Waals surface area contributed by atoms with Crippen LogP contribution in [0.3, 0.4) is 0 Å². The third-order valence-electron chi connectivity index (χ3n) is 5.85. The Morgan fingerprint density at radius 3 is 1.95 bits per heavy atom. The maximum atomic E-state index is 12.0. The van der Waals surface area contributed by atoms with Gasteiger partial charge in [0, 0.05) is 0 Å². The molecule has 0 aliphatic rings. The summed E-state index contributed by atoms with van der Waals surface area (Å²) in [5.74, 6) is -2.37. The van der Waals surface area contributed by atoms with Gasteiger partial charge in [-0.1, -0.05) is 82.9 Å². The second kappa shape index (κ2) is 27.4. The van der Waals surface area contributed by atoms with Crippen LogP contribution in [-0.4, -0.2) is 67.8 Å². The van der Waals surface area contributed by atoms with Gasteiger partial charge >= 0.3 is 41.5 Å². The largest absolute Gasteiger partial charge is 1.00 e. The summed E-state index contributed by atoms with van der Waals surface area (Å²) in [5.41, 5.74) is 0. The Labute approximate surface area is 258 Å². The van der Waals surface area contributed by atoms with Crippen LogP contribution in [0.5, 0.6) is 0 Å². The first kappa shape index (κ1) is 40.4. The van der Waals surface area contributed by atoms with E-state index in [-0.39, 0.29) is 49.4 Å². The van der Waals surface area contributed by atoms with Gasteiger partial charge in [-0.2, -0.15) is 0 Å². The van der Waals surface area contributed by atoms with Gasteiger partial charge in [0.2, 0.25) is 0 Å². The Kier molecular flexibility index (Phi) is 28.4. The molecule has 0 aliphatic heterocycles. The van der Waals surface area contributed by atoms with E-state index in [2.05, 4.69) is 30.4 Å². The molecule has 0 heterocycles. The van der Waals surface area contributed by atoms with Crippen LogP contribution < -0.4 is 29.6 Å². The molecule has 0 aromatic carbocycles. The first-order valence-electron chi connectivity index (χ1n) is 14.0. The van der Waals surface area contributed by atoms with Crippen LogP contribution in [0, 0.1) is 0 Å². The maximum absolute atomic E-state index is 12.0. The second-order valence-electron chi connectivity index (χ2n) is 9.45. The van der Waals surface area contributed by atoms with Crippen molar-refractivity contribution >= 4 is 22.1 Å². The minimum Gasteiger partial charge on any atom is -0.747 e. The maximum Gasteiger partial charge on any atom is 1.00 e. The number of hydrogen-bond acceptors (Lipinski definition) is 9. The summed E-state index contributed by atoms with van der Waals surface area (Å²) in [7, 11) is -5.15. The topological polar surface area (TPSA) is 139 Å². The van der Waals surface area contributed by atoms with Crippen LogP contribution in [0.15, 0.2) is 24.8 Å². The van der Waals surface area contributed by atoms with Gasteiger partial charge < -0.3 is 23.9 Å². The number of unbranched alkanes of at least 4 members (excludes halogenated alkanes) is 12. The number of rotatable bonds is 26. The Hall–Kier alpha value is -0.750. The molecule has 0 saturated heterocycles. The van der Waals surface area contributed by atoms with E-state index in [9.17, 15) is 27.7 Å². The average molecular weight is 585 g/mol. The summed E-state index contributed by atoms with van der Waals surface area (Å²) in [6.07, 6.45) is 19.9. The summed E-state index contributed by atoms with van der Waals surface area (Å²) in [4.78, 5) is 24.0. The van der Waals surface area contributed by atoms with E-state index in [4.69, 9.17) is 9.47 Å². The monoisotopic (exact) mass is 584 g/mol. The molecule has 0 aromatic rings. The molecule has 2 atom stereocenters. The van der Waals surface area contributed by atoms with Gasteiger partial charge in [0.15, 0.2) is 5.25 Å². The van der Waals surface area contributed by atoms with Crippen LogP contribution in [-0.2, 0) is 33.9 Å². The molecular weight excluding hydrogens is 535 g/mol. The van der Waals surface area contributed by atoms with Crippen LogP contribution in [0.1, 0.15) is 103 Å². The van der Waals surface area contributed by atoms with Gasteiger partial charge in [-0.25, -0.2) is 8.42 Å². The number of carbonyl (C=O) groups is 2. The van der Waals surface area contributed by atoms with E-state index in [0.717, 1.165) is 38.5 Å². The van der Waals surface area contributed by atoms with Crippen molar-refractivity contribution in [3.63, 3.8) is 0 Å². The Bertz CT molecular complexity index is 756. The molecule has 0 radical (unpaired) electrons. The zero-order valence-corrected chi connectivity index (χ0v) is 27.0. The molecular formula is C28H49NaO9S. The number of allylic oxidation sites excluding steroid dienone is 2. The molecule has 0 aromatic heterocycles. The van der Waals surface area contributed by atoms with Crippen molar-refractivity contribution in [3.8, 4) is 0 Å². The van der Waals surface area contributed by atoms with E-state index in [0.29, 0.717) is 6.42 Å². The van der Waals surface area contributed by atoms with E-state index in [1.165, 1.54) is 51.0 Å². The van der Waals surface area contributed by atoms with E-state index in [1.54, 1.807) is 0 Å². The number of aliphatic hydroxyl groups is 1. The number of hydrogen-bond donors (Lipinski definition) is 1. The number of esters is 2. The predicted octanol–water partition coefficient (Wildman–Crippen LogP) is 1.98. The number of aliphatic hydroxyl groups excluding tert-OH is 1. The quantitative estimate of drug-likeness (QED) is 0.0531. The van der Waals surface area contributed by atoms with Gasteiger partial charge in [0.25, 0.3) is 0 Å². The van der Waals surface area contributed by atoms with Crippen molar-refractivity contribution in [2.45, 2.75) is 115 Å². The molecule has 1 N–H and O–H groups in total. The van der Waals surface area contributed by atoms with Crippen LogP contribution >= 0.6 is 0 Å². The molecule has 2 unspecified atom stereocenters. The molecule has 0 bridgehead atoms. The van der Waals surface area contributed by atoms with Gasteiger partial charge in [-0.3, -0.25) is 9.59 Å². The molecule has 11 heteroatoms. The Balaban J connectivity index is 0. The van der Waals surface area contributed by atoms with E-state index in [1.807, 2.05) is 0 Å². The second-order valence-corrected chi connectivity index (χ2v) is 11.0. The smallest absolute Gasteiger partial charge is 0.747 e. The third-order valence-corrected chi connectivity index (χ3v) is 6.90. The van der Waals surface area contributed by atoms with Crippen molar-refractivity contribution in [1.82, 2.24) is 0 Å². The fourth-order valence-corrected chi connectivity index (χ4v) is 4.30. The summed E-state index contributed by atoms with van der Waals surface area (Å²) in [5, 5.41) is 7.42. The minimum absolute atomic E-state index is 0. The number of carbonyl (C=O) groups excluding carboxylic acids is 2. The van der Waals surface area contributed by atoms with Crippen LogP contribution in [0.2, 0.25) is 0 Å². The first-order valence-corrected chi connectivity index (χ1v) is 15.5. The molecule has 39 heavy (non-hydrogen) atoms. The normalized spacial score (nSPS) is 13.0. The summed E-state index contributed by atoms with van der Waals surface area (Å²) in [6, 6.07) is 0. The van der Waals surface area contributed by atoms with Crippen molar-refractivity contribution in [3.05, 3.63) is 24.8 Å². The molecule has 0 amide bonds. The Morgan fingerprint density at radius 2 is 1.41 bits per heavy atom.